The van der Waals surface area contributed by atoms with Crippen LogP contribution in [-0.2, 0) is 0 Å². The molecule has 1 fully saturated rings. The Bertz CT molecular complexity index is 393. The molecule has 1 aliphatic heterocycles. The van der Waals surface area contributed by atoms with Crippen molar-refractivity contribution in [1.82, 2.24) is 0 Å². The van der Waals surface area contributed by atoms with Gasteiger partial charge >= 0.3 is 0 Å². The molecular formula is C14H19NO. The summed E-state index contributed by atoms with van der Waals surface area (Å²) in [5, 5.41) is 0. The minimum absolute atomic E-state index is 0.0118. The lowest BCUT2D eigenvalue weighted by Crippen LogP contribution is -2.42. The molecule has 0 bridgehead atoms. The van der Waals surface area contributed by atoms with Crippen molar-refractivity contribution < 1.29 is 4.74 Å². The van der Waals surface area contributed by atoms with Crippen LogP contribution in [0.3, 0.4) is 0 Å². The molecule has 2 unspecified atom stereocenters. The van der Waals surface area contributed by atoms with Crippen molar-refractivity contribution in [2.45, 2.75) is 50.2 Å². The Kier molecular flexibility index (Phi) is 2.21. The molecule has 0 aromatic heterocycles. The molecule has 2 N–H and O–H groups in total. The van der Waals surface area contributed by atoms with Gasteiger partial charge in [0.05, 0.1) is 0 Å². The number of ether oxygens (including phenoxy) is 1. The zero-order valence-corrected chi connectivity index (χ0v) is 9.78. The fraction of sp³-hybridized carbons (Fsp3) is 0.571. The molecule has 1 spiro atoms. The number of nitrogens with two attached hydrogens (primary N) is 1. The van der Waals surface area contributed by atoms with Gasteiger partial charge in [-0.3, -0.25) is 0 Å². The van der Waals surface area contributed by atoms with Crippen LogP contribution in [0.4, 0.5) is 0 Å². The molecule has 1 aromatic carbocycles. The van der Waals surface area contributed by atoms with Gasteiger partial charge in [0.1, 0.15) is 11.4 Å². The topological polar surface area (TPSA) is 35.2 Å². The molecule has 1 saturated carbocycles. The molecule has 2 nitrogen and oxygen atoms in total. The number of fused-ring (bicyclic) bond motifs is 1. The van der Waals surface area contributed by atoms with E-state index in [0.29, 0.717) is 5.92 Å². The molecule has 2 aliphatic rings. The van der Waals surface area contributed by atoms with E-state index in [1.807, 2.05) is 6.07 Å². The van der Waals surface area contributed by atoms with Crippen LogP contribution in [0.25, 0.3) is 0 Å². The number of para-hydroxylation sites is 1. The molecule has 86 valence electrons. The summed E-state index contributed by atoms with van der Waals surface area (Å²) in [6.45, 7) is 2.11. The van der Waals surface area contributed by atoms with Gasteiger partial charge in [0.2, 0.25) is 0 Å². The largest absolute Gasteiger partial charge is 0.486 e. The molecule has 16 heavy (non-hydrogen) atoms. The molecule has 0 saturated heterocycles. The van der Waals surface area contributed by atoms with Crippen molar-refractivity contribution in [1.29, 1.82) is 0 Å². The first-order chi connectivity index (χ1) is 7.73. The van der Waals surface area contributed by atoms with E-state index >= 15 is 0 Å². The van der Waals surface area contributed by atoms with Crippen molar-refractivity contribution in [3.63, 3.8) is 0 Å². The minimum Gasteiger partial charge on any atom is -0.486 e. The van der Waals surface area contributed by atoms with Gasteiger partial charge in [-0.1, -0.05) is 18.2 Å². The van der Waals surface area contributed by atoms with Crippen LogP contribution in [0.2, 0.25) is 0 Å². The number of rotatable bonds is 1. The number of hydrogen-bond acceptors (Lipinski definition) is 2. The highest BCUT2D eigenvalue weighted by Gasteiger charge is 2.51. The third-order valence-corrected chi connectivity index (χ3v) is 4.11. The SMILES string of the molecule is CC(N)C1c2ccccc2OC12CCCC2. The predicted octanol–water partition coefficient (Wildman–Crippen LogP) is 2.82. The van der Waals surface area contributed by atoms with E-state index in [9.17, 15) is 0 Å². The summed E-state index contributed by atoms with van der Waals surface area (Å²) >= 11 is 0. The van der Waals surface area contributed by atoms with E-state index in [0.717, 1.165) is 18.6 Å². The molecule has 3 rings (SSSR count). The average Bonchev–Trinajstić information content (AvgIpc) is 2.82. The highest BCUT2D eigenvalue weighted by molar-refractivity contribution is 5.44. The summed E-state index contributed by atoms with van der Waals surface area (Å²) in [4.78, 5) is 0. The first-order valence-electron chi connectivity index (χ1n) is 6.26. The summed E-state index contributed by atoms with van der Waals surface area (Å²) in [6, 6.07) is 8.56. The lowest BCUT2D eigenvalue weighted by Gasteiger charge is -2.32. The summed E-state index contributed by atoms with van der Waals surface area (Å²) in [5.74, 6) is 1.44. The molecule has 1 heterocycles. The second-order valence-corrected chi connectivity index (χ2v) is 5.25. The molecule has 2 atom stereocenters. The quantitative estimate of drug-likeness (QED) is 0.785. The van der Waals surface area contributed by atoms with Gasteiger partial charge in [0.25, 0.3) is 0 Å². The monoisotopic (exact) mass is 217 g/mol. The summed E-state index contributed by atoms with van der Waals surface area (Å²) in [5.41, 5.74) is 7.52. The van der Waals surface area contributed by atoms with E-state index in [4.69, 9.17) is 10.5 Å². The van der Waals surface area contributed by atoms with Crippen molar-refractivity contribution in [3.8, 4) is 5.75 Å². The van der Waals surface area contributed by atoms with E-state index in [-0.39, 0.29) is 11.6 Å². The fourth-order valence-corrected chi connectivity index (χ4v) is 3.55. The Hall–Kier alpha value is -1.02. The van der Waals surface area contributed by atoms with Crippen LogP contribution in [0.1, 0.15) is 44.1 Å². The second-order valence-electron chi connectivity index (χ2n) is 5.25. The molecule has 1 aromatic rings. The first kappa shape index (κ1) is 10.2. The Morgan fingerprint density at radius 2 is 2.00 bits per heavy atom. The van der Waals surface area contributed by atoms with Crippen LogP contribution in [0.15, 0.2) is 24.3 Å². The van der Waals surface area contributed by atoms with Crippen LogP contribution in [0.5, 0.6) is 5.75 Å². The van der Waals surface area contributed by atoms with Gasteiger partial charge in [-0.05, 0) is 38.7 Å². The Labute approximate surface area is 96.8 Å². The molecule has 2 heteroatoms. The summed E-state index contributed by atoms with van der Waals surface area (Å²) in [6.07, 6.45) is 4.87. The maximum atomic E-state index is 6.25. The third-order valence-electron chi connectivity index (χ3n) is 4.11. The normalized spacial score (nSPS) is 27.8. The van der Waals surface area contributed by atoms with E-state index in [1.54, 1.807) is 0 Å². The Morgan fingerprint density at radius 1 is 1.31 bits per heavy atom. The van der Waals surface area contributed by atoms with Gasteiger partial charge in [-0.25, -0.2) is 0 Å². The number of hydrogen-bond donors (Lipinski definition) is 1. The van der Waals surface area contributed by atoms with Crippen LogP contribution in [-0.4, -0.2) is 11.6 Å². The third kappa shape index (κ3) is 1.29. The van der Waals surface area contributed by atoms with Gasteiger partial charge < -0.3 is 10.5 Å². The second kappa shape index (κ2) is 3.49. The zero-order chi connectivity index (χ0) is 11.2. The standard InChI is InChI=1S/C14H19NO/c1-10(15)13-11-6-2-3-7-12(11)16-14(13)8-4-5-9-14/h2-3,6-7,10,13H,4-5,8-9,15H2,1H3. The van der Waals surface area contributed by atoms with Crippen molar-refractivity contribution in [2.75, 3.05) is 0 Å². The van der Waals surface area contributed by atoms with Crippen molar-refractivity contribution in [3.05, 3.63) is 29.8 Å². The first-order valence-corrected chi connectivity index (χ1v) is 6.26. The summed E-state index contributed by atoms with van der Waals surface area (Å²) < 4.78 is 6.25. The van der Waals surface area contributed by atoms with E-state index in [2.05, 4.69) is 25.1 Å². The lowest BCUT2D eigenvalue weighted by molar-refractivity contribution is 0.0685. The Morgan fingerprint density at radius 3 is 2.69 bits per heavy atom. The van der Waals surface area contributed by atoms with Crippen LogP contribution in [0, 0.1) is 0 Å². The van der Waals surface area contributed by atoms with Gasteiger partial charge in [0.15, 0.2) is 0 Å². The lowest BCUT2D eigenvalue weighted by atomic mass is 9.79. The average molecular weight is 217 g/mol. The maximum Gasteiger partial charge on any atom is 0.123 e. The molecule has 0 amide bonds. The molecular weight excluding hydrogens is 198 g/mol. The smallest absolute Gasteiger partial charge is 0.123 e. The maximum absolute atomic E-state index is 6.25. The van der Waals surface area contributed by atoms with Crippen molar-refractivity contribution in [2.24, 2.45) is 5.73 Å². The van der Waals surface area contributed by atoms with Crippen molar-refractivity contribution >= 4 is 0 Å². The van der Waals surface area contributed by atoms with Crippen LogP contribution >= 0.6 is 0 Å². The van der Waals surface area contributed by atoms with E-state index < -0.39 is 0 Å². The fourth-order valence-electron chi connectivity index (χ4n) is 3.55. The highest BCUT2D eigenvalue weighted by Crippen LogP contribution is 2.53. The van der Waals surface area contributed by atoms with Gasteiger partial charge in [-0.2, -0.15) is 0 Å². The Balaban J connectivity index is 2.07. The van der Waals surface area contributed by atoms with Crippen LogP contribution < -0.4 is 10.5 Å². The highest BCUT2D eigenvalue weighted by atomic mass is 16.5. The van der Waals surface area contributed by atoms with E-state index in [1.165, 1.54) is 18.4 Å². The molecule has 1 aliphatic carbocycles. The molecule has 0 radical (unpaired) electrons. The van der Waals surface area contributed by atoms with Gasteiger partial charge in [0, 0.05) is 17.5 Å². The summed E-state index contributed by atoms with van der Waals surface area (Å²) in [7, 11) is 0. The minimum atomic E-state index is 0.0118. The predicted molar refractivity (Wildman–Crippen MR) is 64.7 cm³/mol. The zero-order valence-electron chi connectivity index (χ0n) is 9.78. The van der Waals surface area contributed by atoms with Gasteiger partial charge in [-0.15, -0.1) is 0 Å². The number of benzene rings is 1.